The van der Waals surface area contributed by atoms with Crippen LogP contribution in [0.1, 0.15) is 15.3 Å². The van der Waals surface area contributed by atoms with Crippen LogP contribution in [0.4, 0.5) is 0 Å². The normalized spacial score (nSPS) is 16.2. The first-order valence-corrected chi connectivity index (χ1v) is 3.29. The van der Waals surface area contributed by atoms with E-state index in [1.54, 1.807) is 12.2 Å². The second-order valence-corrected chi connectivity index (χ2v) is 2.55. The molecule has 52 valence electrons. The van der Waals surface area contributed by atoms with E-state index in [2.05, 4.69) is 0 Å². The van der Waals surface area contributed by atoms with Crippen molar-refractivity contribution in [3.8, 4) is 0 Å². The van der Waals surface area contributed by atoms with Gasteiger partial charge in [-0.05, 0) is 31.6 Å². The van der Waals surface area contributed by atoms with Crippen molar-refractivity contribution in [3.63, 3.8) is 0 Å². The van der Waals surface area contributed by atoms with Gasteiger partial charge in [-0.2, -0.15) is 0 Å². The van der Waals surface area contributed by atoms with Crippen LogP contribution in [0.25, 0.3) is 0 Å². The second kappa shape index (κ2) is 2.65. The highest BCUT2D eigenvalue weighted by Gasteiger charge is 2.03. The maximum Gasteiger partial charge on any atom is 1.00 e. The number of allylic oxidation sites excluding steroid dienone is 6. The van der Waals surface area contributed by atoms with E-state index in [0.717, 1.165) is 0 Å². The van der Waals surface area contributed by atoms with E-state index >= 15 is 0 Å². The monoisotopic (exact) mass is 136 g/mol. The van der Waals surface area contributed by atoms with Crippen LogP contribution in [0.3, 0.4) is 0 Å². The highest BCUT2D eigenvalue weighted by Crippen LogP contribution is 2.10. The molecule has 0 saturated carbocycles. The van der Waals surface area contributed by atoms with Crippen molar-refractivity contribution in [2.45, 2.75) is 13.8 Å². The lowest BCUT2D eigenvalue weighted by molar-refractivity contribution is 0.683. The Kier molecular flexibility index (Phi) is 1.86. The van der Waals surface area contributed by atoms with Crippen LogP contribution in [0.15, 0.2) is 35.5 Å². The third-order valence-electron chi connectivity index (χ3n) is 1.44. The first-order valence-electron chi connectivity index (χ1n) is 3.29. The Hall–Kier alpha value is -1.11. The lowest BCUT2D eigenvalue weighted by Gasteiger charge is -1.98. The maximum atomic E-state index is 8.93. The van der Waals surface area contributed by atoms with Crippen LogP contribution >= 0.6 is 0 Å². The van der Waals surface area contributed by atoms with Gasteiger partial charge in [0.25, 0.3) is 0 Å². The third kappa shape index (κ3) is 1.44. The predicted molar refractivity (Wildman–Crippen MR) is 44.7 cm³/mol. The zero-order valence-electron chi connectivity index (χ0n) is 7.26. The molecule has 0 atom stereocenters. The second-order valence-electron chi connectivity index (χ2n) is 2.55. The van der Waals surface area contributed by atoms with Gasteiger partial charge < -0.3 is 0 Å². The Morgan fingerprint density at radius 2 is 1.70 bits per heavy atom. The summed E-state index contributed by atoms with van der Waals surface area (Å²) in [7, 11) is 0. The fraction of sp³-hybridized carbons (Fsp3) is 0.222. The zero-order valence-corrected chi connectivity index (χ0v) is 6.26. The summed E-state index contributed by atoms with van der Waals surface area (Å²) in [5.41, 5.74) is 2.44. The van der Waals surface area contributed by atoms with Crippen molar-refractivity contribution < 1.29 is 6.22 Å². The highest BCUT2D eigenvalue weighted by atomic mass is 16.1. The van der Waals surface area contributed by atoms with E-state index in [1.165, 1.54) is 11.1 Å². The van der Waals surface area contributed by atoms with Crippen molar-refractivity contribution >= 4 is 5.78 Å². The summed E-state index contributed by atoms with van der Waals surface area (Å²) in [6, 6.07) is 0. The van der Waals surface area contributed by atoms with Gasteiger partial charge in [0.2, 0.25) is 0 Å². The largest absolute Gasteiger partial charge is 1.00 e. The molecule has 0 unspecified atom stereocenters. The molecule has 0 saturated heterocycles. The fourth-order valence-corrected chi connectivity index (χ4v) is 0.795. The van der Waals surface area contributed by atoms with Crippen molar-refractivity contribution in [3.05, 3.63) is 35.5 Å². The van der Waals surface area contributed by atoms with Gasteiger partial charge in [0.05, 0.1) is 0 Å². The molecular formula is C9H12O+2. The Bertz CT molecular complexity index is 224. The molecule has 0 aromatic heterocycles. The zero-order chi connectivity index (χ0) is 7.56. The molecule has 1 nitrogen and oxygen atoms in total. The van der Waals surface area contributed by atoms with Crippen LogP contribution in [0.2, 0.25) is 0 Å². The van der Waals surface area contributed by atoms with E-state index in [4.69, 9.17) is 4.79 Å². The summed E-state index contributed by atoms with van der Waals surface area (Å²) < 4.78 is 0. The minimum Gasteiger partial charge on any atom is -0.274 e. The summed E-state index contributed by atoms with van der Waals surface area (Å²) >= 11 is 0. The molecule has 1 aliphatic carbocycles. The smallest absolute Gasteiger partial charge is 0.274 e. The van der Waals surface area contributed by atoms with E-state index in [1.807, 2.05) is 26.0 Å². The van der Waals surface area contributed by atoms with Crippen molar-refractivity contribution in [2.24, 2.45) is 0 Å². The molecule has 0 radical (unpaired) electrons. The molecule has 0 fully saturated rings. The van der Waals surface area contributed by atoms with Gasteiger partial charge in [-0.3, -0.25) is 4.79 Å². The molecule has 1 heteroatoms. The molecule has 1 N–H and O–H groups in total. The van der Waals surface area contributed by atoms with E-state index in [0.29, 0.717) is 5.78 Å². The third-order valence-corrected chi connectivity index (χ3v) is 1.44. The van der Waals surface area contributed by atoms with Gasteiger partial charge in [-0.25, -0.2) is 0 Å². The lowest BCUT2D eigenvalue weighted by atomic mass is 10.1. The number of carbonyl (C=O) groups excluding carboxylic acids is 1. The molecule has 1 rings (SSSR count). The quantitative estimate of drug-likeness (QED) is 0.455. The van der Waals surface area contributed by atoms with Crippen molar-refractivity contribution in [2.75, 3.05) is 0 Å². The van der Waals surface area contributed by atoms with Gasteiger partial charge in [-0.1, -0.05) is 5.57 Å². The van der Waals surface area contributed by atoms with Gasteiger partial charge >= 0.3 is 7.21 Å². The SMILES string of the molecule is CC(C)=C1C=CC(=[OH+])C=C1.[H+]. The Labute approximate surface area is 62.2 Å². The molecular weight excluding hydrogens is 124 g/mol. The van der Waals surface area contributed by atoms with Gasteiger partial charge in [0, 0.05) is 12.2 Å². The molecule has 0 aromatic rings. The van der Waals surface area contributed by atoms with E-state index in [-0.39, 0.29) is 1.43 Å². The standard InChI is InChI=1S/C9H10O/c1-7(2)8-3-5-9(10)6-4-8/h3-6H,1-2H3/p+2. The fourth-order valence-electron chi connectivity index (χ4n) is 0.795. The van der Waals surface area contributed by atoms with Crippen molar-refractivity contribution in [1.29, 1.82) is 0 Å². The Balaban J connectivity index is 0.000001000. The van der Waals surface area contributed by atoms with Gasteiger partial charge in [-0.15, -0.1) is 0 Å². The predicted octanol–water partition coefficient (Wildman–Crippen LogP) is 2.11. The summed E-state index contributed by atoms with van der Waals surface area (Å²) in [6.45, 7) is 4.10. The topological polar surface area (TPSA) is 21.4 Å². The average molecular weight is 136 g/mol. The van der Waals surface area contributed by atoms with Crippen LogP contribution in [0.5, 0.6) is 0 Å². The van der Waals surface area contributed by atoms with Crippen molar-refractivity contribution in [1.82, 2.24) is 0 Å². The van der Waals surface area contributed by atoms with E-state index < -0.39 is 0 Å². The molecule has 0 heterocycles. The number of rotatable bonds is 0. The Morgan fingerprint density at radius 1 is 1.20 bits per heavy atom. The van der Waals surface area contributed by atoms with Crippen LogP contribution in [-0.4, -0.2) is 10.6 Å². The molecule has 0 aromatic carbocycles. The minimum absolute atomic E-state index is 0. The van der Waals surface area contributed by atoms with Crippen LogP contribution in [0, 0.1) is 0 Å². The maximum absolute atomic E-state index is 8.93. The average Bonchev–Trinajstić information content (AvgIpc) is 1.88. The van der Waals surface area contributed by atoms with Crippen LogP contribution < -0.4 is 0 Å². The molecule has 0 bridgehead atoms. The number of hydrogen-bond acceptors (Lipinski definition) is 0. The molecule has 10 heavy (non-hydrogen) atoms. The first kappa shape index (κ1) is 7.00. The number of hydrogen-bond donors (Lipinski definition) is 0. The summed E-state index contributed by atoms with van der Waals surface area (Å²) in [5, 5.41) is 0. The molecule has 1 aliphatic rings. The van der Waals surface area contributed by atoms with Gasteiger partial charge in [0.1, 0.15) is 0 Å². The highest BCUT2D eigenvalue weighted by molar-refractivity contribution is 6.02. The van der Waals surface area contributed by atoms with Crippen LogP contribution in [-0.2, 0) is 0 Å². The molecule has 0 aliphatic heterocycles. The summed E-state index contributed by atoms with van der Waals surface area (Å²) in [6.07, 6.45) is 7.21. The summed E-state index contributed by atoms with van der Waals surface area (Å²) in [5.74, 6) is 0.324. The number of ketones is 1. The molecule has 0 spiro atoms. The van der Waals surface area contributed by atoms with Gasteiger partial charge in [0.15, 0.2) is 0 Å². The Morgan fingerprint density at radius 3 is 2.10 bits per heavy atom. The molecule has 0 amide bonds. The van der Waals surface area contributed by atoms with E-state index in [9.17, 15) is 0 Å². The lowest BCUT2D eigenvalue weighted by Crippen LogP contribution is -1.92. The first-order chi connectivity index (χ1) is 4.70. The summed E-state index contributed by atoms with van der Waals surface area (Å²) in [4.78, 5) is 8.93. The minimum atomic E-state index is 0.